The SMILES string of the molecule is C=CS(=O)(=O)c1cc([N+](=O)[O-])ccn1. The zero-order valence-corrected chi connectivity index (χ0v) is 7.77. The number of hydrogen-bond donors (Lipinski definition) is 0. The van der Waals surface area contributed by atoms with Crippen molar-refractivity contribution in [1.82, 2.24) is 4.98 Å². The van der Waals surface area contributed by atoms with Crippen LogP contribution in [0.4, 0.5) is 5.69 Å². The third-order valence-electron chi connectivity index (χ3n) is 1.44. The molecule has 0 aliphatic rings. The number of sulfone groups is 1. The molecule has 0 saturated heterocycles. The molecule has 0 N–H and O–H groups in total. The topological polar surface area (TPSA) is 90.2 Å². The van der Waals surface area contributed by atoms with E-state index >= 15 is 0 Å². The summed E-state index contributed by atoms with van der Waals surface area (Å²) < 4.78 is 22.3. The summed E-state index contributed by atoms with van der Waals surface area (Å²) in [5.41, 5.74) is -0.319. The van der Waals surface area contributed by atoms with Crippen LogP contribution in [0.3, 0.4) is 0 Å². The lowest BCUT2D eigenvalue weighted by atomic mass is 10.4. The van der Waals surface area contributed by atoms with Crippen LogP contribution in [-0.2, 0) is 9.84 Å². The second-order valence-corrected chi connectivity index (χ2v) is 4.16. The van der Waals surface area contributed by atoms with Crippen molar-refractivity contribution in [3.05, 3.63) is 40.4 Å². The monoisotopic (exact) mass is 214 g/mol. The van der Waals surface area contributed by atoms with Crippen LogP contribution in [0.15, 0.2) is 35.3 Å². The van der Waals surface area contributed by atoms with Gasteiger partial charge in [0.2, 0.25) is 9.84 Å². The van der Waals surface area contributed by atoms with Gasteiger partial charge in [0.1, 0.15) is 0 Å². The summed E-state index contributed by atoms with van der Waals surface area (Å²) in [6.45, 7) is 3.09. The fraction of sp³-hybridized carbons (Fsp3) is 0. The minimum Gasteiger partial charge on any atom is -0.258 e. The van der Waals surface area contributed by atoms with E-state index in [2.05, 4.69) is 11.6 Å². The normalized spacial score (nSPS) is 10.9. The molecule has 0 fully saturated rings. The van der Waals surface area contributed by atoms with E-state index in [9.17, 15) is 18.5 Å². The highest BCUT2D eigenvalue weighted by Crippen LogP contribution is 2.15. The molecule has 14 heavy (non-hydrogen) atoms. The molecule has 0 unspecified atom stereocenters. The molecular weight excluding hydrogens is 208 g/mol. The van der Waals surface area contributed by atoms with Crippen LogP contribution in [0.1, 0.15) is 0 Å². The van der Waals surface area contributed by atoms with Gasteiger partial charge in [-0.3, -0.25) is 10.1 Å². The molecule has 1 heterocycles. The van der Waals surface area contributed by atoms with Crippen molar-refractivity contribution in [2.75, 3.05) is 0 Å². The Morgan fingerprint density at radius 1 is 1.57 bits per heavy atom. The van der Waals surface area contributed by atoms with Gasteiger partial charge in [-0.2, -0.15) is 0 Å². The van der Waals surface area contributed by atoms with Crippen molar-refractivity contribution < 1.29 is 13.3 Å². The van der Waals surface area contributed by atoms with Crippen molar-refractivity contribution >= 4 is 15.5 Å². The lowest BCUT2D eigenvalue weighted by Crippen LogP contribution is -2.00. The van der Waals surface area contributed by atoms with E-state index in [1.807, 2.05) is 0 Å². The summed E-state index contributed by atoms with van der Waals surface area (Å²) in [6, 6.07) is 2.00. The Hall–Kier alpha value is -1.76. The number of pyridine rings is 1. The zero-order valence-electron chi connectivity index (χ0n) is 6.95. The molecule has 1 aromatic rings. The van der Waals surface area contributed by atoms with Crippen LogP contribution >= 0.6 is 0 Å². The lowest BCUT2D eigenvalue weighted by Gasteiger charge is -1.96. The fourth-order valence-corrected chi connectivity index (χ4v) is 1.42. The molecule has 0 aliphatic carbocycles. The number of nitrogens with zero attached hydrogens (tertiary/aromatic N) is 2. The molecule has 0 aliphatic heterocycles. The maximum Gasteiger partial charge on any atom is 0.273 e. The average Bonchev–Trinajstić information content (AvgIpc) is 2.18. The highest BCUT2D eigenvalue weighted by molar-refractivity contribution is 7.94. The van der Waals surface area contributed by atoms with Gasteiger partial charge in [-0.1, -0.05) is 6.58 Å². The van der Waals surface area contributed by atoms with Crippen molar-refractivity contribution in [3.63, 3.8) is 0 Å². The number of nitro groups is 1. The molecule has 1 rings (SSSR count). The van der Waals surface area contributed by atoms with Gasteiger partial charge >= 0.3 is 0 Å². The first kappa shape index (κ1) is 10.3. The average molecular weight is 214 g/mol. The summed E-state index contributed by atoms with van der Waals surface area (Å²) in [4.78, 5) is 13.1. The molecular formula is C7H6N2O4S. The summed E-state index contributed by atoms with van der Waals surface area (Å²) in [5.74, 6) is 0. The minimum atomic E-state index is -3.71. The molecule has 6 nitrogen and oxygen atoms in total. The van der Waals surface area contributed by atoms with E-state index in [0.717, 1.165) is 18.3 Å². The van der Waals surface area contributed by atoms with Gasteiger partial charge in [0, 0.05) is 17.7 Å². The molecule has 0 saturated carbocycles. The highest BCUT2D eigenvalue weighted by atomic mass is 32.2. The molecule has 0 bridgehead atoms. The largest absolute Gasteiger partial charge is 0.273 e. The number of aromatic nitrogens is 1. The molecule has 74 valence electrons. The summed E-state index contributed by atoms with van der Waals surface area (Å²) >= 11 is 0. The Balaban J connectivity index is 3.33. The molecule has 0 aromatic carbocycles. The zero-order chi connectivity index (χ0) is 10.8. The Kier molecular flexibility index (Phi) is 2.61. The molecule has 0 radical (unpaired) electrons. The predicted molar refractivity (Wildman–Crippen MR) is 48.3 cm³/mol. The molecule has 0 amide bonds. The summed E-state index contributed by atoms with van der Waals surface area (Å²) in [7, 11) is -3.71. The first-order valence-electron chi connectivity index (χ1n) is 3.45. The van der Waals surface area contributed by atoms with Crippen molar-refractivity contribution in [1.29, 1.82) is 0 Å². The van der Waals surface area contributed by atoms with Crippen LogP contribution in [-0.4, -0.2) is 18.3 Å². The lowest BCUT2D eigenvalue weighted by molar-refractivity contribution is -0.385. The molecule has 0 atom stereocenters. The maximum absolute atomic E-state index is 11.2. The second kappa shape index (κ2) is 3.54. The van der Waals surface area contributed by atoms with Crippen molar-refractivity contribution in [2.45, 2.75) is 5.03 Å². The Morgan fingerprint density at radius 2 is 2.21 bits per heavy atom. The maximum atomic E-state index is 11.2. The number of rotatable bonds is 3. The first-order valence-corrected chi connectivity index (χ1v) is 5.00. The van der Waals surface area contributed by atoms with E-state index < -0.39 is 14.8 Å². The Bertz CT molecular complexity index is 480. The third kappa shape index (κ3) is 1.94. The highest BCUT2D eigenvalue weighted by Gasteiger charge is 2.15. The Morgan fingerprint density at radius 3 is 2.71 bits per heavy atom. The minimum absolute atomic E-state index is 0.319. The van der Waals surface area contributed by atoms with Gasteiger partial charge in [-0.25, -0.2) is 13.4 Å². The standard InChI is InChI=1S/C7H6N2O4S/c1-2-14(12,13)7-5-6(9(10)11)3-4-8-7/h2-5H,1H2. The van der Waals surface area contributed by atoms with E-state index in [-0.39, 0.29) is 10.7 Å². The Labute approximate surface area is 80.0 Å². The van der Waals surface area contributed by atoms with Gasteiger partial charge < -0.3 is 0 Å². The smallest absolute Gasteiger partial charge is 0.258 e. The molecule has 0 spiro atoms. The van der Waals surface area contributed by atoms with Gasteiger partial charge in [-0.15, -0.1) is 0 Å². The van der Waals surface area contributed by atoms with Gasteiger partial charge in [-0.05, 0) is 0 Å². The summed E-state index contributed by atoms with van der Waals surface area (Å²) in [6.07, 6.45) is 1.06. The van der Waals surface area contributed by atoms with Gasteiger partial charge in [0.25, 0.3) is 5.69 Å². The predicted octanol–water partition coefficient (Wildman–Crippen LogP) is 0.907. The van der Waals surface area contributed by atoms with Crippen LogP contribution < -0.4 is 0 Å². The van der Waals surface area contributed by atoms with Crippen molar-refractivity contribution in [2.24, 2.45) is 0 Å². The fourth-order valence-electron chi connectivity index (χ4n) is 0.754. The van der Waals surface area contributed by atoms with Crippen LogP contribution in [0.25, 0.3) is 0 Å². The van der Waals surface area contributed by atoms with E-state index in [4.69, 9.17) is 0 Å². The second-order valence-electron chi connectivity index (χ2n) is 2.32. The molecule has 7 heteroatoms. The quantitative estimate of drug-likeness (QED) is 0.550. The third-order valence-corrected chi connectivity index (χ3v) is 2.69. The van der Waals surface area contributed by atoms with E-state index in [1.54, 1.807) is 0 Å². The van der Waals surface area contributed by atoms with Gasteiger partial charge in [0.15, 0.2) is 5.03 Å². The van der Waals surface area contributed by atoms with E-state index in [1.165, 1.54) is 0 Å². The number of hydrogen-bond acceptors (Lipinski definition) is 5. The van der Waals surface area contributed by atoms with Crippen molar-refractivity contribution in [3.8, 4) is 0 Å². The van der Waals surface area contributed by atoms with Crippen LogP contribution in [0, 0.1) is 10.1 Å². The van der Waals surface area contributed by atoms with E-state index in [0.29, 0.717) is 5.41 Å². The van der Waals surface area contributed by atoms with Gasteiger partial charge in [0.05, 0.1) is 11.0 Å². The summed E-state index contributed by atoms with van der Waals surface area (Å²) in [5, 5.41) is 10.6. The van der Waals surface area contributed by atoms with Crippen LogP contribution in [0.2, 0.25) is 0 Å². The molecule has 1 aromatic heterocycles. The van der Waals surface area contributed by atoms with Crippen LogP contribution in [0.5, 0.6) is 0 Å². The first-order chi connectivity index (χ1) is 6.47.